The van der Waals surface area contributed by atoms with E-state index in [0.717, 1.165) is 26.2 Å². The second-order valence-electron chi connectivity index (χ2n) is 6.19. The van der Waals surface area contributed by atoms with E-state index in [1.165, 1.54) is 22.1 Å². The van der Waals surface area contributed by atoms with Crippen molar-refractivity contribution in [2.24, 2.45) is 0 Å². The zero-order valence-electron chi connectivity index (χ0n) is 13.7. The summed E-state index contributed by atoms with van der Waals surface area (Å²) in [6, 6.07) is 7.76. The summed E-state index contributed by atoms with van der Waals surface area (Å²) in [5.41, 5.74) is 2.67. The van der Waals surface area contributed by atoms with Gasteiger partial charge in [0.2, 0.25) is 0 Å². The molecule has 2 atom stereocenters. The minimum Gasteiger partial charge on any atom is -0.366 e. The van der Waals surface area contributed by atoms with Gasteiger partial charge in [0.05, 0.1) is 0 Å². The van der Waals surface area contributed by atoms with Gasteiger partial charge in [-0.15, -0.1) is 0 Å². The van der Waals surface area contributed by atoms with E-state index in [2.05, 4.69) is 77.1 Å². The van der Waals surface area contributed by atoms with Gasteiger partial charge < -0.3 is 15.1 Å². The van der Waals surface area contributed by atoms with Crippen molar-refractivity contribution in [1.82, 2.24) is 10.2 Å². The Balaban J connectivity index is 2.11. The van der Waals surface area contributed by atoms with Crippen LogP contribution in [0.25, 0.3) is 0 Å². The van der Waals surface area contributed by atoms with Crippen LogP contribution < -0.4 is 10.2 Å². The average Bonchev–Trinajstić information content (AvgIpc) is 2.44. The van der Waals surface area contributed by atoms with E-state index in [0.29, 0.717) is 12.1 Å². The molecular formula is C17H28BrN3. The second-order valence-corrected chi connectivity index (χ2v) is 7.04. The molecule has 2 unspecified atom stereocenters. The zero-order valence-corrected chi connectivity index (χ0v) is 15.3. The Hall–Kier alpha value is -0.580. The Kier molecular flexibility index (Phi) is 6.08. The Labute approximate surface area is 137 Å². The van der Waals surface area contributed by atoms with Crippen LogP contribution in [-0.4, -0.2) is 44.2 Å². The molecule has 0 aromatic heterocycles. The van der Waals surface area contributed by atoms with Crippen LogP contribution in [0, 0.1) is 0 Å². The van der Waals surface area contributed by atoms with E-state index >= 15 is 0 Å². The third-order valence-corrected chi connectivity index (χ3v) is 5.00. The highest BCUT2D eigenvalue weighted by Gasteiger charge is 2.22. The van der Waals surface area contributed by atoms with Crippen molar-refractivity contribution in [3.63, 3.8) is 0 Å². The number of rotatable bonds is 5. The summed E-state index contributed by atoms with van der Waals surface area (Å²) in [5, 5.41) is 3.55. The molecule has 0 spiro atoms. The van der Waals surface area contributed by atoms with Crippen molar-refractivity contribution in [3.05, 3.63) is 28.2 Å². The topological polar surface area (TPSA) is 18.5 Å². The first-order valence-corrected chi connectivity index (χ1v) is 8.80. The third-order valence-electron chi connectivity index (χ3n) is 4.31. The number of likely N-dealkylation sites (N-methyl/N-ethyl adjacent to an activating group) is 1. The summed E-state index contributed by atoms with van der Waals surface area (Å²) in [6.07, 6.45) is 1.17. The monoisotopic (exact) mass is 353 g/mol. The molecule has 2 rings (SSSR count). The third kappa shape index (κ3) is 4.21. The van der Waals surface area contributed by atoms with Crippen molar-refractivity contribution in [2.75, 3.05) is 38.1 Å². The van der Waals surface area contributed by atoms with Gasteiger partial charge in [0.1, 0.15) is 0 Å². The van der Waals surface area contributed by atoms with Crippen LogP contribution >= 0.6 is 15.9 Å². The lowest BCUT2D eigenvalue weighted by molar-refractivity contribution is 0.275. The van der Waals surface area contributed by atoms with Crippen molar-refractivity contribution >= 4 is 21.6 Å². The summed E-state index contributed by atoms with van der Waals surface area (Å²) in [4.78, 5) is 4.92. The number of anilines is 1. The minimum absolute atomic E-state index is 0.387. The molecule has 0 aliphatic carbocycles. The molecule has 3 nitrogen and oxygen atoms in total. The predicted molar refractivity (Wildman–Crippen MR) is 95.2 cm³/mol. The fourth-order valence-corrected chi connectivity index (χ4v) is 3.75. The highest BCUT2D eigenvalue weighted by Crippen LogP contribution is 2.30. The van der Waals surface area contributed by atoms with Gasteiger partial charge in [0.15, 0.2) is 0 Å². The number of halogens is 1. The standard InChI is InChI=1S/C17H28BrN3/c1-5-8-19-14(3)16-7-6-15(11-17(16)18)21-10-9-20(4)12-13(21)2/h6-7,11,13-14,19H,5,8-10,12H2,1-4H3. The normalized spacial score (nSPS) is 21.6. The van der Waals surface area contributed by atoms with Crippen molar-refractivity contribution in [1.29, 1.82) is 0 Å². The van der Waals surface area contributed by atoms with Crippen molar-refractivity contribution in [3.8, 4) is 0 Å². The van der Waals surface area contributed by atoms with Crippen LogP contribution in [-0.2, 0) is 0 Å². The highest BCUT2D eigenvalue weighted by atomic mass is 79.9. The largest absolute Gasteiger partial charge is 0.366 e. The first-order valence-electron chi connectivity index (χ1n) is 8.01. The van der Waals surface area contributed by atoms with E-state index in [-0.39, 0.29) is 0 Å². The van der Waals surface area contributed by atoms with Crippen LogP contribution in [0.2, 0.25) is 0 Å². The first kappa shape index (κ1) is 16.8. The number of piperazine rings is 1. The summed E-state index contributed by atoms with van der Waals surface area (Å²) >= 11 is 3.76. The number of nitrogens with zero attached hydrogens (tertiary/aromatic N) is 2. The average molecular weight is 354 g/mol. The minimum atomic E-state index is 0.387. The number of hydrogen-bond donors (Lipinski definition) is 1. The van der Waals surface area contributed by atoms with Gasteiger partial charge in [-0.2, -0.15) is 0 Å². The van der Waals surface area contributed by atoms with Crippen LogP contribution in [0.15, 0.2) is 22.7 Å². The van der Waals surface area contributed by atoms with Gasteiger partial charge in [-0.1, -0.05) is 28.9 Å². The maximum absolute atomic E-state index is 3.76. The predicted octanol–water partition coefficient (Wildman–Crippen LogP) is 3.65. The summed E-state index contributed by atoms with van der Waals surface area (Å²) in [6.45, 7) is 11.2. The quantitative estimate of drug-likeness (QED) is 0.871. The molecule has 1 aliphatic heterocycles. The molecule has 4 heteroatoms. The summed E-state index contributed by atoms with van der Waals surface area (Å²) in [7, 11) is 2.20. The van der Waals surface area contributed by atoms with Gasteiger partial charge in [0.25, 0.3) is 0 Å². The van der Waals surface area contributed by atoms with Crippen molar-refractivity contribution in [2.45, 2.75) is 39.3 Å². The molecule has 0 amide bonds. The molecule has 0 radical (unpaired) electrons. The zero-order chi connectivity index (χ0) is 15.4. The Morgan fingerprint density at radius 3 is 2.76 bits per heavy atom. The lowest BCUT2D eigenvalue weighted by Crippen LogP contribution is -2.50. The molecule has 1 N–H and O–H groups in total. The molecular weight excluding hydrogens is 326 g/mol. The number of nitrogens with one attached hydrogen (secondary N) is 1. The fourth-order valence-electron chi connectivity index (χ4n) is 3.04. The van der Waals surface area contributed by atoms with Gasteiger partial charge in [-0.25, -0.2) is 0 Å². The Morgan fingerprint density at radius 1 is 1.38 bits per heavy atom. The molecule has 1 saturated heterocycles. The Morgan fingerprint density at radius 2 is 2.14 bits per heavy atom. The van der Waals surface area contributed by atoms with Gasteiger partial charge in [-0.3, -0.25) is 0 Å². The van der Waals surface area contributed by atoms with Crippen LogP contribution in [0.3, 0.4) is 0 Å². The summed E-state index contributed by atoms with van der Waals surface area (Å²) in [5.74, 6) is 0. The maximum atomic E-state index is 3.76. The second kappa shape index (κ2) is 7.61. The molecule has 1 aliphatic rings. The van der Waals surface area contributed by atoms with Gasteiger partial charge in [-0.05, 0) is 51.6 Å². The van der Waals surface area contributed by atoms with E-state index in [1.54, 1.807) is 0 Å². The van der Waals surface area contributed by atoms with E-state index in [9.17, 15) is 0 Å². The molecule has 0 bridgehead atoms. The lowest BCUT2D eigenvalue weighted by atomic mass is 10.1. The lowest BCUT2D eigenvalue weighted by Gasteiger charge is -2.40. The molecule has 1 aromatic rings. The Bertz CT molecular complexity index is 463. The van der Waals surface area contributed by atoms with Gasteiger partial charge >= 0.3 is 0 Å². The molecule has 1 heterocycles. The first-order chi connectivity index (χ1) is 10.0. The molecule has 0 saturated carbocycles. The maximum Gasteiger partial charge on any atom is 0.0389 e. The van der Waals surface area contributed by atoms with Crippen LogP contribution in [0.4, 0.5) is 5.69 Å². The molecule has 118 valence electrons. The van der Waals surface area contributed by atoms with E-state index < -0.39 is 0 Å². The van der Waals surface area contributed by atoms with Gasteiger partial charge in [0, 0.05) is 41.9 Å². The molecule has 1 fully saturated rings. The van der Waals surface area contributed by atoms with E-state index in [1.807, 2.05) is 0 Å². The fraction of sp³-hybridized carbons (Fsp3) is 0.647. The molecule has 21 heavy (non-hydrogen) atoms. The van der Waals surface area contributed by atoms with Crippen molar-refractivity contribution < 1.29 is 0 Å². The smallest absolute Gasteiger partial charge is 0.0389 e. The van der Waals surface area contributed by atoms with E-state index in [4.69, 9.17) is 0 Å². The molecule has 1 aromatic carbocycles. The van der Waals surface area contributed by atoms with Crippen LogP contribution in [0.5, 0.6) is 0 Å². The number of hydrogen-bond acceptors (Lipinski definition) is 3. The summed E-state index contributed by atoms with van der Waals surface area (Å²) < 4.78 is 1.21. The highest BCUT2D eigenvalue weighted by molar-refractivity contribution is 9.10. The SMILES string of the molecule is CCCNC(C)c1ccc(N2CCN(C)CC2C)cc1Br. The van der Waals surface area contributed by atoms with Crippen LogP contribution in [0.1, 0.15) is 38.8 Å². The number of benzene rings is 1.